The number of aliphatic hydroxyl groups excluding tert-OH is 1. The van der Waals surface area contributed by atoms with Gasteiger partial charge >= 0.3 is 12.0 Å². The van der Waals surface area contributed by atoms with Gasteiger partial charge in [-0.05, 0) is 59.0 Å². The maximum Gasteiger partial charge on any atom is 0.328 e. The van der Waals surface area contributed by atoms with Crippen LogP contribution >= 0.6 is 0 Å². The molecule has 0 spiro atoms. The van der Waals surface area contributed by atoms with E-state index in [2.05, 4.69) is 65.9 Å². The van der Waals surface area contributed by atoms with Gasteiger partial charge in [0, 0.05) is 37.5 Å². The lowest BCUT2D eigenvalue weighted by Crippen LogP contribution is -2.47. The predicted octanol–water partition coefficient (Wildman–Crippen LogP) is 7.67. The molecule has 280 valence electrons. The highest BCUT2D eigenvalue weighted by atomic mass is 16.7. The normalized spacial score (nSPS) is 18.1. The molecule has 5 aromatic carbocycles. The topological polar surface area (TPSA) is 109 Å². The highest BCUT2D eigenvalue weighted by Crippen LogP contribution is 2.39. The van der Waals surface area contributed by atoms with Crippen LogP contribution in [0.2, 0.25) is 0 Å². The zero-order chi connectivity index (χ0) is 37.9. The first kappa shape index (κ1) is 38.4. The van der Waals surface area contributed by atoms with Crippen molar-refractivity contribution in [3.63, 3.8) is 0 Å². The van der Waals surface area contributed by atoms with E-state index in [1.54, 1.807) is 0 Å². The fourth-order valence-electron chi connectivity index (χ4n) is 6.77. The number of ether oxygens (including phenoxy) is 3. The third-order valence-corrected chi connectivity index (χ3v) is 10.0. The van der Waals surface area contributed by atoms with E-state index >= 15 is 0 Å². The molecule has 1 saturated heterocycles. The Labute approximate surface area is 317 Å². The monoisotopic (exact) mass is 727 g/mol. The number of carbonyl (C=O) groups excluding carboxylic acids is 2. The number of amides is 2. The van der Waals surface area contributed by atoms with Crippen LogP contribution < -0.4 is 10.6 Å². The number of carbonyl (C=O) groups is 2. The highest BCUT2D eigenvalue weighted by Gasteiger charge is 2.33. The molecule has 54 heavy (non-hydrogen) atoms. The number of urea groups is 1. The Balaban J connectivity index is 1.11. The van der Waals surface area contributed by atoms with Gasteiger partial charge in [-0.1, -0.05) is 127 Å². The van der Waals surface area contributed by atoms with Crippen molar-refractivity contribution in [3.05, 3.63) is 167 Å². The molecule has 6 rings (SSSR count). The van der Waals surface area contributed by atoms with Crippen LogP contribution in [0.1, 0.15) is 65.2 Å². The smallest absolute Gasteiger partial charge is 0.328 e. The first-order valence-corrected chi connectivity index (χ1v) is 18.4. The Morgan fingerprint density at radius 3 is 2.15 bits per heavy atom. The lowest BCUT2D eigenvalue weighted by molar-refractivity contribution is -0.253. The van der Waals surface area contributed by atoms with E-state index in [1.807, 2.05) is 97.1 Å². The molecule has 1 aliphatic rings. The minimum Gasteiger partial charge on any atom is -0.467 e. The van der Waals surface area contributed by atoms with Crippen LogP contribution in [-0.4, -0.2) is 54.9 Å². The number of rotatable bonds is 14. The Morgan fingerprint density at radius 2 is 1.46 bits per heavy atom. The molecule has 1 heterocycles. The van der Waals surface area contributed by atoms with Gasteiger partial charge < -0.3 is 30.0 Å². The summed E-state index contributed by atoms with van der Waals surface area (Å²) in [5.74, 6) is -0.504. The Bertz CT molecular complexity index is 1940. The summed E-state index contributed by atoms with van der Waals surface area (Å²) in [6.45, 7) is 3.22. The van der Waals surface area contributed by atoms with Gasteiger partial charge in [-0.2, -0.15) is 0 Å². The SMILES string of the molecule is COC(=O)[C@H](Cc1ccccc1)NC(=O)NCc1cccc(-c2ccc([C@@H]3O[C@H](CN(C)[C@@H](C)c4ccccc4)C[C@H](c4ccc(CO)cc4)O3)cc2)c1. The molecule has 0 radical (unpaired) electrons. The maximum atomic E-state index is 12.8. The molecule has 5 aromatic rings. The number of nitrogens with one attached hydrogen (secondary N) is 2. The number of nitrogens with zero attached hydrogens (tertiary/aromatic N) is 1. The van der Waals surface area contributed by atoms with Gasteiger partial charge in [-0.3, -0.25) is 4.90 Å². The van der Waals surface area contributed by atoms with Crippen molar-refractivity contribution in [1.82, 2.24) is 15.5 Å². The number of hydrogen-bond acceptors (Lipinski definition) is 7. The summed E-state index contributed by atoms with van der Waals surface area (Å²) in [5.41, 5.74) is 7.93. The van der Waals surface area contributed by atoms with Crippen molar-refractivity contribution in [2.75, 3.05) is 20.7 Å². The summed E-state index contributed by atoms with van der Waals surface area (Å²) in [5, 5.41) is 15.2. The highest BCUT2D eigenvalue weighted by molar-refractivity contribution is 5.83. The van der Waals surface area contributed by atoms with Crippen molar-refractivity contribution in [1.29, 1.82) is 0 Å². The van der Waals surface area contributed by atoms with Crippen molar-refractivity contribution < 1.29 is 28.9 Å². The number of esters is 1. The average Bonchev–Trinajstić information content (AvgIpc) is 3.23. The van der Waals surface area contributed by atoms with Crippen molar-refractivity contribution in [3.8, 4) is 11.1 Å². The second-order valence-electron chi connectivity index (χ2n) is 13.8. The first-order chi connectivity index (χ1) is 26.3. The Hall–Kier alpha value is -5.32. The molecular formula is C45H49N3O6. The van der Waals surface area contributed by atoms with Gasteiger partial charge in [0.15, 0.2) is 6.29 Å². The zero-order valence-corrected chi connectivity index (χ0v) is 31.1. The Kier molecular flexibility index (Phi) is 13.2. The summed E-state index contributed by atoms with van der Waals surface area (Å²) >= 11 is 0. The molecule has 9 heteroatoms. The molecule has 0 bridgehead atoms. The maximum absolute atomic E-state index is 12.8. The molecule has 3 N–H and O–H groups in total. The molecule has 5 atom stereocenters. The fraction of sp³-hybridized carbons (Fsp3) is 0.289. The van der Waals surface area contributed by atoms with Crippen LogP contribution in [0, 0.1) is 0 Å². The molecular weight excluding hydrogens is 679 g/mol. The minimum atomic E-state index is -0.810. The van der Waals surface area contributed by atoms with Gasteiger partial charge in [0.1, 0.15) is 6.04 Å². The summed E-state index contributed by atoms with van der Waals surface area (Å²) in [6.07, 6.45) is 0.209. The second-order valence-corrected chi connectivity index (χ2v) is 13.8. The average molecular weight is 728 g/mol. The summed E-state index contributed by atoms with van der Waals surface area (Å²) in [7, 11) is 3.44. The summed E-state index contributed by atoms with van der Waals surface area (Å²) < 4.78 is 18.2. The van der Waals surface area contributed by atoms with E-state index < -0.39 is 24.3 Å². The number of aliphatic hydroxyl groups is 1. The lowest BCUT2D eigenvalue weighted by Gasteiger charge is -2.39. The van der Waals surface area contributed by atoms with E-state index in [1.165, 1.54) is 12.7 Å². The molecule has 0 aromatic heterocycles. The van der Waals surface area contributed by atoms with Crippen LogP contribution in [0.15, 0.2) is 133 Å². The van der Waals surface area contributed by atoms with E-state index in [4.69, 9.17) is 14.2 Å². The number of benzene rings is 5. The number of methoxy groups -OCH3 is 1. The largest absolute Gasteiger partial charge is 0.467 e. The molecule has 1 fully saturated rings. The second kappa shape index (κ2) is 18.6. The van der Waals surface area contributed by atoms with Crippen LogP contribution in [0.4, 0.5) is 4.79 Å². The standard InChI is InChI=1S/C45H49N3O6/c1-31(35-14-8-5-9-15-35)48(2)29-40-27-42(37-19-17-33(30-49)18-20-37)54-44(53-40)38-23-21-36(22-24-38)39-16-10-13-34(25-39)28-46-45(51)47-41(43(50)52-3)26-32-11-6-4-7-12-32/h4-25,31,40-42,44,49H,26-30H2,1-3H3,(H2,46,47,51)/t31-,40-,41-,42+,44+/m0/s1. The van der Waals surface area contributed by atoms with Crippen LogP contribution in [0.25, 0.3) is 11.1 Å². The molecule has 0 aliphatic carbocycles. The van der Waals surface area contributed by atoms with Crippen molar-refractivity contribution in [2.45, 2.75) is 63.5 Å². The molecule has 2 amide bonds. The van der Waals surface area contributed by atoms with Gasteiger partial charge in [0.2, 0.25) is 0 Å². The van der Waals surface area contributed by atoms with E-state index in [0.717, 1.165) is 45.5 Å². The van der Waals surface area contributed by atoms with Gasteiger partial charge in [0.05, 0.1) is 25.9 Å². The van der Waals surface area contributed by atoms with Gasteiger partial charge in [0.25, 0.3) is 0 Å². The van der Waals surface area contributed by atoms with Crippen molar-refractivity contribution >= 4 is 12.0 Å². The first-order valence-electron chi connectivity index (χ1n) is 18.4. The Morgan fingerprint density at radius 1 is 0.796 bits per heavy atom. The van der Waals surface area contributed by atoms with Crippen LogP contribution in [-0.2, 0) is 38.6 Å². The summed E-state index contributed by atoms with van der Waals surface area (Å²) in [4.78, 5) is 27.6. The van der Waals surface area contributed by atoms with Crippen LogP contribution in [0.5, 0.6) is 0 Å². The molecule has 0 unspecified atom stereocenters. The molecule has 1 aliphatic heterocycles. The number of hydrogen-bond donors (Lipinski definition) is 3. The van der Waals surface area contributed by atoms with Crippen molar-refractivity contribution in [2.24, 2.45) is 0 Å². The molecule has 9 nitrogen and oxygen atoms in total. The van der Waals surface area contributed by atoms with E-state index in [-0.39, 0.29) is 31.4 Å². The minimum absolute atomic E-state index is 0.00388. The number of likely N-dealkylation sites (N-methyl/N-ethyl adjacent to an activating group) is 1. The summed E-state index contributed by atoms with van der Waals surface area (Å²) in [6, 6.07) is 43.1. The zero-order valence-electron chi connectivity index (χ0n) is 31.1. The quantitative estimate of drug-likeness (QED) is 0.101. The van der Waals surface area contributed by atoms with Gasteiger partial charge in [-0.25, -0.2) is 9.59 Å². The van der Waals surface area contributed by atoms with E-state index in [9.17, 15) is 14.7 Å². The lowest BCUT2D eigenvalue weighted by atomic mass is 9.98. The predicted molar refractivity (Wildman–Crippen MR) is 209 cm³/mol. The van der Waals surface area contributed by atoms with Gasteiger partial charge in [-0.15, -0.1) is 0 Å². The van der Waals surface area contributed by atoms with Crippen LogP contribution in [0.3, 0.4) is 0 Å². The molecule has 0 saturated carbocycles. The third kappa shape index (κ3) is 10.2. The fourth-order valence-corrected chi connectivity index (χ4v) is 6.77. The van der Waals surface area contributed by atoms with E-state index in [0.29, 0.717) is 12.8 Å². The third-order valence-electron chi connectivity index (χ3n) is 10.0.